The van der Waals surface area contributed by atoms with Crippen molar-refractivity contribution in [3.05, 3.63) is 21.9 Å². The second-order valence-corrected chi connectivity index (χ2v) is 7.41. The fraction of sp³-hybridized carbons (Fsp3) is 0.688. The van der Waals surface area contributed by atoms with Crippen LogP contribution < -0.4 is 0 Å². The first-order valence-corrected chi connectivity index (χ1v) is 8.33. The van der Waals surface area contributed by atoms with Gasteiger partial charge in [0, 0.05) is 17.5 Å². The molecule has 112 valence electrons. The highest BCUT2D eigenvalue weighted by molar-refractivity contribution is 7.10. The molecule has 0 spiro atoms. The molecule has 2 heterocycles. The van der Waals surface area contributed by atoms with E-state index in [9.17, 15) is 4.79 Å². The number of carboxylic acid groups (broad SMARTS) is 1. The van der Waals surface area contributed by atoms with Crippen molar-refractivity contribution >= 4 is 17.3 Å². The molecule has 0 bridgehead atoms. The molecule has 0 fully saturated rings. The Hall–Kier alpha value is -0.870. The second kappa shape index (κ2) is 6.27. The number of rotatable bonds is 6. The minimum Gasteiger partial charge on any atom is -0.481 e. The molecule has 0 aromatic carbocycles. The zero-order valence-electron chi connectivity index (χ0n) is 12.7. The van der Waals surface area contributed by atoms with Crippen molar-refractivity contribution in [1.29, 1.82) is 0 Å². The standard InChI is InChI=1S/C16H25NO2S/c1-12-13-7-11-20-14(13)6-10-17(12)9-5-4-8-16(2,3)15(18)19/h7,11-12H,4-6,8-10H2,1-3H3,(H,18,19). The van der Waals surface area contributed by atoms with E-state index in [1.54, 1.807) is 4.88 Å². The summed E-state index contributed by atoms with van der Waals surface area (Å²) in [5, 5.41) is 11.3. The third-order valence-electron chi connectivity index (χ3n) is 4.48. The van der Waals surface area contributed by atoms with Gasteiger partial charge in [-0.3, -0.25) is 9.69 Å². The number of hydrogen-bond acceptors (Lipinski definition) is 3. The van der Waals surface area contributed by atoms with Crippen molar-refractivity contribution in [3.63, 3.8) is 0 Å². The number of hydrogen-bond donors (Lipinski definition) is 1. The molecule has 0 saturated heterocycles. The number of unbranched alkanes of at least 4 members (excludes halogenated alkanes) is 1. The first-order chi connectivity index (χ1) is 9.42. The summed E-state index contributed by atoms with van der Waals surface area (Å²) in [7, 11) is 0. The number of aliphatic carboxylic acids is 1. The predicted octanol–water partition coefficient (Wildman–Crippen LogP) is 3.95. The van der Waals surface area contributed by atoms with Gasteiger partial charge in [0.05, 0.1) is 5.41 Å². The minimum atomic E-state index is -0.688. The molecule has 2 rings (SSSR count). The molecule has 0 aliphatic carbocycles. The van der Waals surface area contributed by atoms with Gasteiger partial charge < -0.3 is 5.11 Å². The Kier molecular flexibility index (Phi) is 4.86. The third-order valence-corrected chi connectivity index (χ3v) is 5.48. The lowest BCUT2D eigenvalue weighted by atomic mass is 9.87. The lowest BCUT2D eigenvalue weighted by Crippen LogP contribution is -2.34. The monoisotopic (exact) mass is 295 g/mol. The zero-order chi connectivity index (χ0) is 14.8. The number of thiophene rings is 1. The molecule has 1 unspecified atom stereocenters. The van der Waals surface area contributed by atoms with E-state index in [2.05, 4.69) is 23.3 Å². The maximum atomic E-state index is 11.1. The fourth-order valence-corrected chi connectivity index (χ4v) is 3.82. The summed E-state index contributed by atoms with van der Waals surface area (Å²) in [6.45, 7) is 8.13. The van der Waals surface area contributed by atoms with E-state index in [0.29, 0.717) is 6.04 Å². The Morgan fingerprint density at radius 1 is 1.50 bits per heavy atom. The number of nitrogens with zero attached hydrogens (tertiary/aromatic N) is 1. The molecule has 1 aliphatic rings. The van der Waals surface area contributed by atoms with Gasteiger partial charge in [0.25, 0.3) is 0 Å². The van der Waals surface area contributed by atoms with Crippen LogP contribution in [0.25, 0.3) is 0 Å². The van der Waals surface area contributed by atoms with Crippen molar-refractivity contribution in [1.82, 2.24) is 4.90 Å². The van der Waals surface area contributed by atoms with Gasteiger partial charge in [-0.05, 0) is 63.6 Å². The van der Waals surface area contributed by atoms with E-state index < -0.39 is 11.4 Å². The van der Waals surface area contributed by atoms with Crippen molar-refractivity contribution in [2.24, 2.45) is 5.41 Å². The van der Waals surface area contributed by atoms with Gasteiger partial charge in [-0.15, -0.1) is 11.3 Å². The molecule has 1 aromatic heterocycles. The topological polar surface area (TPSA) is 40.5 Å². The molecule has 4 heteroatoms. The van der Waals surface area contributed by atoms with E-state index in [1.165, 1.54) is 5.56 Å². The summed E-state index contributed by atoms with van der Waals surface area (Å²) >= 11 is 1.87. The molecule has 0 saturated carbocycles. The van der Waals surface area contributed by atoms with Crippen LogP contribution in [0.5, 0.6) is 0 Å². The quantitative estimate of drug-likeness (QED) is 0.808. The van der Waals surface area contributed by atoms with Crippen molar-refractivity contribution in [2.75, 3.05) is 13.1 Å². The lowest BCUT2D eigenvalue weighted by Gasteiger charge is -2.33. The van der Waals surface area contributed by atoms with Gasteiger partial charge in [-0.25, -0.2) is 0 Å². The highest BCUT2D eigenvalue weighted by atomic mass is 32.1. The van der Waals surface area contributed by atoms with E-state index >= 15 is 0 Å². The first-order valence-electron chi connectivity index (χ1n) is 7.45. The van der Waals surface area contributed by atoms with Gasteiger partial charge in [0.1, 0.15) is 0 Å². The third kappa shape index (κ3) is 3.41. The van der Waals surface area contributed by atoms with Crippen molar-refractivity contribution in [2.45, 2.75) is 52.5 Å². The average Bonchev–Trinajstić information content (AvgIpc) is 2.85. The maximum Gasteiger partial charge on any atom is 0.309 e. The first kappa shape index (κ1) is 15.5. The lowest BCUT2D eigenvalue weighted by molar-refractivity contribution is -0.147. The van der Waals surface area contributed by atoms with Crippen LogP contribution in [0, 0.1) is 5.41 Å². The van der Waals surface area contributed by atoms with Crippen LogP contribution >= 0.6 is 11.3 Å². The number of fused-ring (bicyclic) bond motifs is 1. The molecule has 1 aliphatic heterocycles. The Labute approximate surface area is 125 Å². The molecule has 3 nitrogen and oxygen atoms in total. The van der Waals surface area contributed by atoms with Gasteiger partial charge in [0.15, 0.2) is 0 Å². The van der Waals surface area contributed by atoms with E-state index in [1.807, 2.05) is 25.2 Å². The SMILES string of the molecule is CC1c2ccsc2CCN1CCCCC(C)(C)C(=O)O. The van der Waals surface area contributed by atoms with E-state index in [4.69, 9.17) is 5.11 Å². The smallest absolute Gasteiger partial charge is 0.309 e. The summed E-state index contributed by atoms with van der Waals surface area (Å²) in [5.41, 5.74) is 0.903. The summed E-state index contributed by atoms with van der Waals surface area (Å²) in [4.78, 5) is 15.1. The Morgan fingerprint density at radius 3 is 2.95 bits per heavy atom. The van der Waals surface area contributed by atoms with Gasteiger partial charge in [-0.1, -0.05) is 6.42 Å². The molecule has 1 N–H and O–H groups in total. The van der Waals surface area contributed by atoms with Crippen LogP contribution in [0.1, 0.15) is 56.5 Å². The molecule has 1 atom stereocenters. The van der Waals surface area contributed by atoms with Crippen molar-refractivity contribution < 1.29 is 9.90 Å². The predicted molar refractivity (Wildman–Crippen MR) is 83.3 cm³/mol. The van der Waals surface area contributed by atoms with E-state index in [-0.39, 0.29) is 0 Å². The number of carboxylic acids is 1. The highest BCUT2D eigenvalue weighted by Gasteiger charge is 2.27. The largest absolute Gasteiger partial charge is 0.481 e. The normalized spacial score (nSPS) is 19.9. The molecular weight excluding hydrogens is 270 g/mol. The van der Waals surface area contributed by atoms with Gasteiger partial charge >= 0.3 is 5.97 Å². The van der Waals surface area contributed by atoms with Crippen LogP contribution in [0.4, 0.5) is 0 Å². The van der Waals surface area contributed by atoms with Crippen LogP contribution in [0.3, 0.4) is 0 Å². The summed E-state index contributed by atoms with van der Waals surface area (Å²) in [5.74, 6) is -0.688. The summed E-state index contributed by atoms with van der Waals surface area (Å²) in [6, 6.07) is 2.77. The van der Waals surface area contributed by atoms with Gasteiger partial charge in [-0.2, -0.15) is 0 Å². The Balaban J connectivity index is 1.77. The van der Waals surface area contributed by atoms with Crippen LogP contribution in [0.2, 0.25) is 0 Å². The van der Waals surface area contributed by atoms with E-state index in [0.717, 1.165) is 38.8 Å². The molecule has 20 heavy (non-hydrogen) atoms. The Morgan fingerprint density at radius 2 is 2.25 bits per heavy atom. The molecular formula is C16H25NO2S. The summed E-state index contributed by atoms with van der Waals surface area (Å²) in [6.07, 6.45) is 3.99. The van der Waals surface area contributed by atoms with Crippen LogP contribution in [-0.2, 0) is 11.2 Å². The van der Waals surface area contributed by atoms with Crippen LogP contribution in [-0.4, -0.2) is 29.1 Å². The molecule has 0 radical (unpaired) electrons. The zero-order valence-corrected chi connectivity index (χ0v) is 13.5. The second-order valence-electron chi connectivity index (χ2n) is 6.41. The molecule has 1 aromatic rings. The highest BCUT2D eigenvalue weighted by Crippen LogP contribution is 2.33. The molecule has 0 amide bonds. The maximum absolute atomic E-state index is 11.1. The Bertz CT molecular complexity index is 467. The average molecular weight is 295 g/mol. The fourth-order valence-electron chi connectivity index (χ4n) is 2.86. The summed E-state index contributed by atoms with van der Waals surface area (Å²) < 4.78 is 0. The number of carbonyl (C=O) groups is 1. The minimum absolute atomic E-state index is 0.512. The van der Waals surface area contributed by atoms with Crippen LogP contribution in [0.15, 0.2) is 11.4 Å². The van der Waals surface area contributed by atoms with Gasteiger partial charge in [0.2, 0.25) is 0 Å². The van der Waals surface area contributed by atoms with Crippen molar-refractivity contribution in [3.8, 4) is 0 Å².